The maximum absolute atomic E-state index is 12.5. The summed E-state index contributed by atoms with van der Waals surface area (Å²) >= 11 is 1.50. The normalized spacial score (nSPS) is 11.4. The van der Waals surface area contributed by atoms with Gasteiger partial charge in [-0.3, -0.25) is 4.79 Å². The summed E-state index contributed by atoms with van der Waals surface area (Å²) in [5.41, 5.74) is 2.64. The van der Waals surface area contributed by atoms with Gasteiger partial charge in [-0.05, 0) is 25.2 Å². The second-order valence-corrected chi connectivity index (χ2v) is 7.41. The molecule has 0 saturated carbocycles. The second kappa shape index (κ2) is 9.82. The van der Waals surface area contributed by atoms with Crippen LogP contribution in [0.4, 0.5) is 0 Å². The predicted octanol–water partition coefficient (Wildman–Crippen LogP) is 3.48. The number of thiazole rings is 1. The molecule has 2 heterocycles. The number of benzene rings is 1. The molecule has 0 fully saturated rings. The van der Waals surface area contributed by atoms with Crippen molar-refractivity contribution in [1.29, 1.82) is 0 Å². The molecular formula is C21H28N4O2S. The van der Waals surface area contributed by atoms with E-state index in [1.54, 1.807) is 7.11 Å². The molecule has 1 aromatic carbocycles. The van der Waals surface area contributed by atoms with Gasteiger partial charge in [0.2, 0.25) is 0 Å². The van der Waals surface area contributed by atoms with Crippen molar-refractivity contribution >= 4 is 28.1 Å². The lowest BCUT2D eigenvalue weighted by Gasteiger charge is -2.17. The Morgan fingerprint density at radius 3 is 2.82 bits per heavy atom. The summed E-state index contributed by atoms with van der Waals surface area (Å²) in [6, 6.07) is 10.4. The first-order valence-electron chi connectivity index (χ1n) is 9.71. The zero-order valence-electron chi connectivity index (χ0n) is 16.8. The fraction of sp³-hybridized carbons (Fsp3) is 0.429. The molecule has 0 unspecified atom stereocenters. The molecule has 0 spiro atoms. The third kappa shape index (κ3) is 4.60. The third-order valence-corrected chi connectivity index (χ3v) is 5.76. The van der Waals surface area contributed by atoms with Crippen LogP contribution in [0.1, 0.15) is 24.3 Å². The van der Waals surface area contributed by atoms with Crippen molar-refractivity contribution in [1.82, 2.24) is 19.8 Å². The van der Waals surface area contributed by atoms with Gasteiger partial charge >= 0.3 is 0 Å². The molecule has 7 heteroatoms. The largest absolute Gasteiger partial charge is 0.383 e. The van der Waals surface area contributed by atoms with Crippen molar-refractivity contribution in [3.8, 4) is 10.7 Å². The lowest BCUT2D eigenvalue weighted by Crippen LogP contribution is -2.34. The number of amides is 1. The van der Waals surface area contributed by atoms with Gasteiger partial charge in [-0.2, -0.15) is 0 Å². The molecule has 150 valence electrons. The highest BCUT2D eigenvalue weighted by Crippen LogP contribution is 2.30. The summed E-state index contributed by atoms with van der Waals surface area (Å²) in [5, 5.41) is 6.82. The molecule has 0 saturated heterocycles. The molecule has 0 aliphatic rings. The Bertz CT molecular complexity index is 914. The number of nitrogens with one attached hydrogen (secondary N) is 1. The van der Waals surface area contributed by atoms with Crippen LogP contribution in [0.2, 0.25) is 0 Å². The molecule has 0 bridgehead atoms. The Morgan fingerprint density at radius 2 is 2.07 bits per heavy atom. The number of methoxy groups -OCH3 is 1. The summed E-state index contributed by atoms with van der Waals surface area (Å²) in [6.07, 6.45) is 0. The van der Waals surface area contributed by atoms with E-state index in [0.717, 1.165) is 47.8 Å². The second-order valence-electron chi connectivity index (χ2n) is 6.55. The number of aromatic nitrogens is 2. The van der Waals surface area contributed by atoms with Gasteiger partial charge in [0.15, 0.2) is 0 Å². The average molecular weight is 401 g/mol. The number of para-hydroxylation sites is 1. The molecule has 6 nitrogen and oxygen atoms in total. The standard InChI is InChI=1S/C21H28N4O2S/c1-4-24(5-2)11-10-22-20(26)17-15-28-21(23-17)19-14-16-8-6-7-9-18(16)25(19)12-13-27-3/h6-9,14-15H,4-5,10-13H2,1-3H3,(H,22,26). The number of ether oxygens (including phenoxy) is 1. The van der Waals surface area contributed by atoms with E-state index in [4.69, 9.17) is 4.74 Å². The first-order chi connectivity index (χ1) is 13.7. The van der Waals surface area contributed by atoms with Crippen molar-refractivity contribution in [3.05, 3.63) is 41.4 Å². The van der Waals surface area contributed by atoms with Gasteiger partial charge in [0, 0.05) is 43.0 Å². The number of rotatable bonds is 10. The molecule has 3 aromatic rings. The monoisotopic (exact) mass is 400 g/mol. The highest BCUT2D eigenvalue weighted by Gasteiger charge is 2.16. The van der Waals surface area contributed by atoms with Crippen LogP contribution in [0.25, 0.3) is 21.6 Å². The SMILES string of the molecule is CCN(CC)CCNC(=O)c1csc(-c2cc3ccccc3n2CCOC)n1. The molecule has 1 N–H and O–H groups in total. The van der Waals surface area contributed by atoms with Gasteiger partial charge in [-0.15, -0.1) is 11.3 Å². The third-order valence-electron chi connectivity index (χ3n) is 4.89. The Labute approximate surface area is 170 Å². The molecule has 1 amide bonds. The van der Waals surface area contributed by atoms with E-state index in [9.17, 15) is 4.79 Å². The zero-order valence-corrected chi connectivity index (χ0v) is 17.6. The lowest BCUT2D eigenvalue weighted by molar-refractivity contribution is 0.0944. The molecule has 0 atom stereocenters. The Hall–Kier alpha value is -2.22. The van der Waals surface area contributed by atoms with Crippen LogP contribution in [0, 0.1) is 0 Å². The topological polar surface area (TPSA) is 59.4 Å². The summed E-state index contributed by atoms with van der Waals surface area (Å²) in [5.74, 6) is -0.116. The number of hydrogen-bond donors (Lipinski definition) is 1. The van der Waals surface area contributed by atoms with Gasteiger partial charge in [0.1, 0.15) is 10.7 Å². The van der Waals surface area contributed by atoms with E-state index in [-0.39, 0.29) is 5.91 Å². The minimum atomic E-state index is -0.116. The first kappa shape index (κ1) is 20.5. The van der Waals surface area contributed by atoms with Crippen LogP contribution in [0.3, 0.4) is 0 Å². The fourth-order valence-electron chi connectivity index (χ4n) is 3.26. The number of nitrogens with zero attached hydrogens (tertiary/aromatic N) is 3. The molecule has 0 aliphatic carbocycles. The van der Waals surface area contributed by atoms with Crippen molar-refractivity contribution in [2.45, 2.75) is 20.4 Å². The number of fused-ring (bicyclic) bond motifs is 1. The molecule has 0 radical (unpaired) electrons. The van der Waals surface area contributed by atoms with Crippen LogP contribution in [-0.4, -0.2) is 60.3 Å². The summed E-state index contributed by atoms with van der Waals surface area (Å²) in [4.78, 5) is 19.4. The van der Waals surface area contributed by atoms with Crippen LogP contribution >= 0.6 is 11.3 Å². The maximum Gasteiger partial charge on any atom is 0.270 e. The fourth-order valence-corrected chi connectivity index (χ4v) is 4.09. The van der Waals surface area contributed by atoms with Gasteiger partial charge in [0.05, 0.1) is 12.3 Å². The zero-order chi connectivity index (χ0) is 19.9. The van der Waals surface area contributed by atoms with Crippen molar-refractivity contribution < 1.29 is 9.53 Å². The smallest absolute Gasteiger partial charge is 0.270 e. The maximum atomic E-state index is 12.5. The number of carbonyl (C=O) groups is 1. The van der Waals surface area contributed by atoms with Crippen molar-refractivity contribution in [3.63, 3.8) is 0 Å². The van der Waals surface area contributed by atoms with E-state index in [2.05, 4.69) is 51.8 Å². The first-order valence-corrected chi connectivity index (χ1v) is 10.6. The minimum absolute atomic E-state index is 0.116. The van der Waals surface area contributed by atoms with E-state index < -0.39 is 0 Å². The molecule has 28 heavy (non-hydrogen) atoms. The molecular weight excluding hydrogens is 372 g/mol. The van der Waals surface area contributed by atoms with Crippen LogP contribution in [-0.2, 0) is 11.3 Å². The summed E-state index contributed by atoms with van der Waals surface area (Å²) < 4.78 is 7.48. The Balaban J connectivity index is 1.77. The average Bonchev–Trinajstić information content (AvgIpc) is 3.34. The van der Waals surface area contributed by atoms with Gasteiger partial charge in [-0.1, -0.05) is 32.0 Å². The highest BCUT2D eigenvalue weighted by molar-refractivity contribution is 7.13. The van der Waals surface area contributed by atoms with Gasteiger partial charge in [0.25, 0.3) is 5.91 Å². The van der Waals surface area contributed by atoms with Gasteiger partial charge < -0.3 is 19.5 Å². The van der Waals surface area contributed by atoms with Crippen LogP contribution in [0.5, 0.6) is 0 Å². The summed E-state index contributed by atoms with van der Waals surface area (Å²) in [7, 11) is 1.70. The lowest BCUT2D eigenvalue weighted by atomic mass is 10.2. The molecule has 3 rings (SSSR count). The van der Waals surface area contributed by atoms with Crippen LogP contribution < -0.4 is 5.32 Å². The quantitative estimate of drug-likeness (QED) is 0.566. The van der Waals surface area contributed by atoms with E-state index in [1.807, 2.05) is 17.5 Å². The predicted molar refractivity (Wildman–Crippen MR) is 115 cm³/mol. The summed E-state index contributed by atoms with van der Waals surface area (Å²) in [6.45, 7) is 9.06. The Kier molecular flexibility index (Phi) is 7.19. The number of carbonyl (C=O) groups excluding carboxylic acids is 1. The minimum Gasteiger partial charge on any atom is -0.383 e. The van der Waals surface area contributed by atoms with Crippen molar-refractivity contribution in [2.75, 3.05) is 39.9 Å². The van der Waals surface area contributed by atoms with E-state index >= 15 is 0 Å². The van der Waals surface area contributed by atoms with Crippen LogP contribution in [0.15, 0.2) is 35.7 Å². The van der Waals surface area contributed by atoms with Crippen molar-refractivity contribution in [2.24, 2.45) is 0 Å². The Morgan fingerprint density at radius 1 is 1.29 bits per heavy atom. The van der Waals surface area contributed by atoms with E-state index in [1.165, 1.54) is 11.3 Å². The number of likely N-dealkylation sites (N-methyl/N-ethyl adjacent to an activating group) is 1. The highest BCUT2D eigenvalue weighted by atomic mass is 32.1. The van der Waals surface area contributed by atoms with E-state index in [0.29, 0.717) is 18.8 Å². The molecule has 0 aliphatic heterocycles. The van der Waals surface area contributed by atoms with Gasteiger partial charge in [-0.25, -0.2) is 4.98 Å². The number of hydrogen-bond acceptors (Lipinski definition) is 5. The molecule has 2 aromatic heterocycles.